The van der Waals surface area contributed by atoms with E-state index in [1.54, 1.807) is 0 Å². The van der Waals surface area contributed by atoms with Crippen LogP contribution in [-0.4, -0.2) is 16.8 Å². The SMILES string of the molecule is CNC(CC(C)C(C)(C)C)c1ccnn1C(C)C. The molecule has 3 heteroatoms. The molecule has 1 rings (SSSR count). The van der Waals surface area contributed by atoms with Crippen LogP contribution in [0.2, 0.25) is 0 Å². The maximum absolute atomic E-state index is 4.43. The van der Waals surface area contributed by atoms with E-state index in [1.165, 1.54) is 5.69 Å². The van der Waals surface area contributed by atoms with E-state index < -0.39 is 0 Å². The van der Waals surface area contributed by atoms with Gasteiger partial charge in [-0.3, -0.25) is 4.68 Å². The molecular formula is C15H29N3. The molecule has 0 bridgehead atoms. The van der Waals surface area contributed by atoms with Gasteiger partial charge < -0.3 is 5.32 Å². The van der Waals surface area contributed by atoms with Crippen LogP contribution in [0, 0.1) is 11.3 Å². The second kappa shape index (κ2) is 5.87. The Morgan fingerprint density at radius 3 is 2.33 bits per heavy atom. The van der Waals surface area contributed by atoms with Crippen LogP contribution in [-0.2, 0) is 0 Å². The average molecular weight is 251 g/mol. The van der Waals surface area contributed by atoms with E-state index in [0.29, 0.717) is 23.4 Å². The third-order valence-electron chi connectivity index (χ3n) is 3.96. The molecule has 0 radical (unpaired) electrons. The third kappa shape index (κ3) is 3.58. The van der Waals surface area contributed by atoms with Crippen LogP contribution < -0.4 is 5.32 Å². The molecule has 0 spiro atoms. The highest BCUT2D eigenvalue weighted by molar-refractivity contribution is 5.08. The minimum Gasteiger partial charge on any atom is -0.312 e. The van der Waals surface area contributed by atoms with Crippen LogP contribution in [0.25, 0.3) is 0 Å². The molecule has 2 atom stereocenters. The van der Waals surface area contributed by atoms with Gasteiger partial charge in [0.05, 0.1) is 5.69 Å². The Balaban J connectivity index is 2.87. The number of hydrogen-bond donors (Lipinski definition) is 1. The molecule has 0 amide bonds. The summed E-state index contributed by atoms with van der Waals surface area (Å²) in [6.07, 6.45) is 3.04. The van der Waals surface area contributed by atoms with Gasteiger partial charge in [0, 0.05) is 18.3 Å². The predicted octanol–water partition coefficient (Wildman–Crippen LogP) is 3.80. The van der Waals surface area contributed by atoms with Crippen molar-refractivity contribution in [2.75, 3.05) is 7.05 Å². The van der Waals surface area contributed by atoms with Crippen LogP contribution >= 0.6 is 0 Å². The first-order valence-corrected chi connectivity index (χ1v) is 6.98. The summed E-state index contributed by atoms with van der Waals surface area (Å²) in [6.45, 7) is 13.6. The number of aromatic nitrogens is 2. The molecule has 0 aliphatic heterocycles. The summed E-state index contributed by atoms with van der Waals surface area (Å²) in [4.78, 5) is 0. The van der Waals surface area contributed by atoms with E-state index in [2.05, 4.69) is 62.7 Å². The first-order valence-electron chi connectivity index (χ1n) is 6.98. The van der Waals surface area contributed by atoms with E-state index in [0.717, 1.165) is 6.42 Å². The summed E-state index contributed by atoms with van der Waals surface area (Å²) in [5, 5.41) is 7.87. The fraction of sp³-hybridized carbons (Fsp3) is 0.800. The largest absolute Gasteiger partial charge is 0.312 e. The van der Waals surface area contributed by atoms with E-state index in [-0.39, 0.29) is 0 Å². The molecule has 2 unspecified atom stereocenters. The summed E-state index contributed by atoms with van der Waals surface area (Å²) in [5.74, 6) is 0.658. The lowest BCUT2D eigenvalue weighted by molar-refractivity contribution is 0.222. The van der Waals surface area contributed by atoms with Crippen molar-refractivity contribution in [2.24, 2.45) is 11.3 Å². The average Bonchev–Trinajstić information content (AvgIpc) is 2.72. The molecule has 3 nitrogen and oxygen atoms in total. The zero-order valence-corrected chi connectivity index (χ0v) is 13.0. The van der Waals surface area contributed by atoms with E-state index in [4.69, 9.17) is 0 Å². The molecule has 18 heavy (non-hydrogen) atoms. The minimum absolute atomic E-state index is 0.345. The van der Waals surface area contributed by atoms with Gasteiger partial charge in [-0.1, -0.05) is 27.7 Å². The Morgan fingerprint density at radius 2 is 1.89 bits per heavy atom. The Bertz CT molecular complexity index is 360. The molecule has 1 aromatic rings. The lowest BCUT2D eigenvalue weighted by Gasteiger charge is -2.31. The Labute approximate surface area is 112 Å². The van der Waals surface area contributed by atoms with Crippen LogP contribution in [0.1, 0.15) is 65.7 Å². The standard InChI is InChI=1S/C15H29N3/c1-11(2)18-14(8-9-17-18)13(16-7)10-12(3)15(4,5)6/h8-9,11-13,16H,10H2,1-7H3. The topological polar surface area (TPSA) is 29.9 Å². The monoisotopic (exact) mass is 251 g/mol. The number of rotatable bonds is 5. The Kier molecular flexibility index (Phi) is 4.97. The van der Waals surface area contributed by atoms with Gasteiger partial charge in [-0.15, -0.1) is 0 Å². The lowest BCUT2D eigenvalue weighted by atomic mass is 9.78. The van der Waals surface area contributed by atoms with Crippen molar-refractivity contribution in [1.82, 2.24) is 15.1 Å². The van der Waals surface area contributed by atoms with Crippen molar-refractivity contribution >= 4 is 0 Å². The van der Waals surface area contributed by atoms with Crippen molar-refractivity contribution in [3.05, 3.63) is 18.0 Å². The highest BCUT2D eigenvalue weighted by atomic mass is 15.3. The van der Waals surface area contributed by atoms with Gasteiger partial charge in [0.2, 0.25) is 0 Å². The second-order valence-electron chi connectivity index (χ2n) is 6.64. The van der Waals surface area contributed by atoms with Crippen molar-refractivity contribution in [3.63, 3.8) is 0 Å². The second-order valence-corrected chi connectivity index (χ2v) is 6.64. The number of nitrogens with one attached hydrogen (secondary N) is 1. The lowest BCUT2D eigenvalue weighted by Crippen LogP contribution is -2.27. The maximum Gasteiger partial charge on any atom is 0.0556 e. The smallest absolute Gasteiger partial charge is 0.0556 e. The highest BCUT2D eigenvalue weighted by Gasteiger charge is 2.25. The Hall–Kier alpha value is -0.830. The third-order valence-corrected chi connectivity index (χ3v) is 3.96. The van der Waals surface area contributed by atoms with Crippen molar-refractivity contribution < 1.29 is 0 Å². The molecule has 104 valence electrons. The van der Waals surface area contributed by atoms with Crippen molar-refractivity contribution in [1.29, 1.82) is 0 Å². The minimum atomic E-state index is 0.345. The summed E-state index contributed by atoms with van der Waals surface area (Å²) < 4.78 is 2.12. The summed E-state index contributed by atoms with van der Waals surface area (Å²) >= 11 is 0. The molecular weight excluding hydrogens is 222 g/mol. The highest BCUT2D eigenvalue weighted by Crippen LogP contribution is 2.33. The first kappa shape index (κ1) is 15.2. The quantitative estimate of drug-likeness (QED) is 0.862. The normalized spacial score (nSPS) is 16.0. The van der Waals surface area contributed by atoms with Crippen LogP contribution in [0.5, 0.6) is 0 Å². The molecule has 0 aliphatic carbocycles. The molecule has 0 saturated carbocycles. The van der Waals surface area contributed by atoms with Gasteiger partial charge in [-0.2, -0.15) is 5.10 Å². The van der Waals surface area contributed by atoms with Gasteiger partial charge in [-0.05, 0) is 44.7 Å². The van der Waals surface area contributed by atoms with Gasteiger partial charge in [-0.25, -0.2) is 0 Å². The van der Waals surface area contributed by atoms with Gasteiger partial charge in [0.15, 0.2) is 0 Å². The van der Waals surface area contributed by atoms with Gasteiger partial charge >= 0.3 is 0 Å². The van der Waals surface area contributed by atoms with E-state index >= 15 is 0 Å². The zero-order valence-electron chi connectivity index (χ0n) is 13.0. The van der Waals surface area contributed by atoms with E-state index in [9.17, 15) is 0 Å². The fourth-order valence-corrected chi connectivity index (χ4v) is 2.13. The van der Waals surface area contributed by atoms with Gasteiger partial charge in [0.1, 0.15) is 0 Å². The maximum atomic E-state index is 4.43. The molecule has 1 heterocycles. The molecule has 0 fully saturated rings. The van der Waals surface area contributed by atoms with Crippen LogP contribution in [0.3, 0.4) is 0 Å². The number of nitrogens with zero attached hydrogens (tertiary/aromatic N) is 2. The predicted molar refractivity (Wildman–Crippen MR) is 77.6 cm³/mol. The fourth-order valence-electron chi connectivity index (χ4n) is 2.13. The molecule has 0 aliphatic rings. The molecule has 0 saturated heterocycles. The summed E-state index contributed by atoms with van der Waals surface area (Å²) in [6, 6.07) is 2.93. The van der Waals surface area contributed by atoms with Crippen molar-refractivity contribution in [2.45, 2.75) is 60.0 Å². The number of hydrogen-bond acceptors (Lipinski definition) is 2. The molecule has 0 aromatic carbocycles. The van der Waals surface area contributed by atoms with E-state index in [1.807, 2.05) is 13.2 Å². The van der Waals surface area contributed by atoms with Gasteiger partial charge in [0.25, 0.3) is 0 Å². The zero-order chi connectivity index (χ0) is 13.9. The Morgan fingerprint density at radius 1 is 1.28 bits per heavy atom. The molecule has 1 N–H and O–H groups in total. The summed E-state index contributed by atoms with van der Waals surface area (Å²) in [7, 11) is 2.04. The van der Waals surface area contributed by atoms with Crippen LogP contribution in [0.15, 0.2) is 12.3 Å². The summed E-state index contributed by atoms with van der Waals surface area (Å²) in [5.41, 5.74) is 1.64. The van der Waals surface area contributed by atoms with Crippen molar-refractivity contribution in [3.8, 4) is 0 Å². The van der Waals surface area contributed by atoms with Crippen LogP contribution in [0.4, 0.5) is 0 Å². The molecule has 1 aromatic heterocycles. The first-order chi connectivity index (χ1) is 8.27.